The van der Waals surface area contributed by atoms with E-state index >= 15 is 0 Å². The monoisotopic (exact) mass is 1110 g/mol. The van der Waals surface area contributed by atoms with Gasteiger partial charge in [-0.25, -0.2) is 0 Å². The van der Waals surface area contributed by atoms with Crippen LogP contribution in [0.15, 0.2) is 94.9 Å². The highest BCUT2D eigenvalue weighted by Gasteiger charge is 2.40. The number of aliphatic imine (C=N–C) groups is 2. The summed E-state index contributed by atoms with van der Waals surface area (Å²) in [6.07, 6.45) is 0.290. The fourth-order valence-corrected chi connectivity index (χ4v) is 8.90. The quantitative estimate of drug-likeness (QED) is 0.0170. The number of carbonyl (C=O) groups excluding carboxylic acids is 9. The van der Waals surface area contributed by atoms with Gasteiger partial charge in [0.15, 0.2) is 11.9 Å². The summed E-state index contributed by atoms with van der Waals surface area (Å²) in [6, 6.07) is 13.7. The maximum absolute atomic E-state index is 14.8. The van der Waals surface area contributed by atoms with E-state index in [2.05, 4.69) is 41.9 Å². The predicted molar refractivity (Wildman–Crippen MR) is 299 cm³/mol. The van der Waals surface area contributed by atoms with Crippen LogP contribution in [0.5, 0.6) is 5.75 Å². The van der Waals surface area contributed by atoms with E-state index in [0.29, 0.717) is 23.1 Å². The number of benzene rings is 3. The number of phenols is 1. The minimum absolute atomic E-state index is 0.0317. The number of phenolic OH excluding ortho intramolecular Hbond substituents is 1. The van der Waals surface area contributed by atoms with E-state index in [1.54, 1.807) is 72.8 Å². The summed E-state index contributed by atoms with van der Waals surface area (Å²) in [5.41, 5.74) is 41.1. The standard InChI is InChI=1S/C54H78N16O10/c1-31(2)26-40(68-50(78)41(28-32-12-5-3-6-13-32)67-46(74)36(55)27-34-19-21-35(71)22-20-34)48(76)69-42(29-33-14-7-4-8-15-33)49(77)65-38(17-10-24-63-54(60)61)52(80)70-25-11-18-43(70)51(79)64-37(16-9-23-62-53(58)59)47(75)66-39(45(57)73)30-44(56)72/h3-8,12-15,19-22,31,36-43,71H,9-11,16-18,23-30,55H2,1-2H3,(H2,56,72)(H2,57,73)(H,64,79)(H,65,77)(H,66,75)(H,67,74)(H,68,78)(H,69,76)(H4,58,59,62)(H4,60,61,63)/t36-,37-,38-,39-,40-,41+,42-,43-/m0/s1. The third-order valence-corrected chi connectivity index (χ3v) is 12.9. The molecule has 4 rings (SSSR count). The molecule has 1 aliphatic heterocycles. The number of amides is 9. The predicted octanol–water partition coefficient (Wildman–Crippen LogP) is -2.84. The van der Waals surface area contributed by atoms with Crippen molar-refractivity contribution in [1.82, 2.24) is 36.8 Å². The van der Waals surface area contributed by atoms with Crippen LogP contribution >= 0.6 is 0 Å². The third kappa shape index (κ3) is 21.9. The molecule has 0 spiro atoms. The molecular formula is C54H78N16O10. The van der Waals surface area contributed by atoms with Gasteiger partial charge in [0.1, 0.15) is 48.0 Å². The zero-order chi connectivity index (χ0) is 58.9. The number of likely N-dealkylation sites (tertiary alicyclic amines) is 1. The summed E-state index contributed by atoms with van der Waals surface area (Å²) in [5, 5.41) is 25.9. The van der Waals surface area contributed by atoms with Gasteiger partial charge in [-0.3, -0.25) is 53.1 Å². The Hall–Kier alpha value is -8.81. The largest absolute Gasteiger partial charge is 0.508 e. The molecule has 1 fully saturated rings. The summed E-state index contributed by atoms with van der Waals surface area (Å²) < 4.78 is 0. The second-order valence-corrected chi connectivity index (χ2v) is 20.0. The van der Waals surface area contributed by atoms with Crippen LogP contribution in [0.25, 0.3) is 0 Å². The summed E-state index contributed by atoms with van der Waals surface area (Å²) in [7, 11) is 0. The maximum atomic E-state index is 14.8. The molecule has 26 heteroatoms. The van der Waals surface area contributed by atoms with Crippen LogP contribution in [0.3, 0.4) is 0 Å². The average molecular weight is 1110 g/mol. The lowest BCUT2D eigenvalue weighted by Gasteiger charge is -2.31. The van der Waals surface area contributed by atoms with Gasteiger partial charge in [-0.05, 0) is 86.1 Å². The second-order valence-electron chi connectivity index (χ2n) is 20.0. The molecule has 80 heavy (non-hydrogen) atoms. The molecule has 9 amide bonds. The van der Waals surface area contributed by atoms with Crippen LogP contribution in [-0.2, 0) is 62.4 Å². The van der Waals surface area contributed by atoms with Crippen LogP contribution in [0.4, 0.5) is 0 Å². The molecule has 3 aromatic rings. The van der Waals surface area contributed by atoms with E-state index in [-0.39, 0.29) is 101 Å². The maximum Gasteiger partial charge on any atom is 0.245 e. The average Bonchev–Trinajstić information content (AvgIpc) is 3.91. The molecule has 0 aliphatic carbocycles. The van der Waals surface area contributed by atoms with Gasteiger partial charge >= 0.3 is 0 Å². The van der Waals surface area contributed by atoms with Crippen molar-refractivity contribution >= 4 is 65.1 Å². The molecule has 0 saturated carbocycles. The van der Waals surface area contributed by atoms with E-state index < -0.39 is 108 Å². The Balaban J connectivity index is 1.61. The number of nitrogens with one attached hydrogen (secondary N) is 6. The molecule has 434 valence electrons. The Labute approximate surface area is 464 Å². The SMILES string of the molecule is CC(C)C[C@H](NC(=O)[C@@H](Cc1ccccc1)NC(=O)[C@@H](N)Cc1ccc(O)cc1)C(=O)N[C@@H](Cc1ccccc1)C(=O)N[C@@H](CCCN=C(N)N)C(=O)N1CCC[C@H]1C(=O)N[C@@H](CCCN=C(N)N)C(=O)N[C@@H](CC(N)=O)C(N)=O. The van der Waals surface area contributed by atoms with Gasteiger partial charge < -0.3 is 82.0 Å². The van der Waals surface area contributed by atoms with E-state index in [0.717, 1.165) is 0 Å². The molecule has 21 N–H and O–H groups in total. The fraction of sp³-hybridized carbons (Fsp3) is 0.463. The van der Waals surface area contributed by atoms with Crippen LogP contribution in [-0.4, -0.2) is 143 Å². The van der Waals surface area contributed by atoms with Gasteiger partial charge in [0.05, 0.1) is 12.5 Å². The molecule has 1 heterocycles. The number of carbonyl (C=O) groups is 9. The second kappa shape index (κ2) is 32.2. The number of hydrogen-bond donors (Lipinski definition) is 14. The number of aromatic hydroxyl groups is 1. The van der Waals surface area contributed by atoms with Gasteiger partial charge in [0, 0.05) is 32.5 Å². The van der Waals surface area contributed by atoms with Crippen molar-refractivity contribution in [2.45, 2.75) is 133 Å². The summed E-state index contributed by atoms with van der Waals surface area (Å²) in [4.78, 5) is 133. The molecule has 26 nitrogen and oxygen atoms in total. The lowest BCUT2D eigenvalue weighted by molar-refractivity contribution is -0.142. The molecule has 8 atom stereocenters. The smallest absolute Gasteiger partial charge is 0.245 e. The third-order valence-electron chi connectivity index (χ3n) is 12.9. The topological polar surface area (TPSA) is 456 Å². The van der Waals surface area contributed by atoms with E-state index in [1.165, 1.54) is 17.0 Å². The summed E-state index contributed by atoms with van der Waals surface area (Å²) in [5.74, 6) is -7.68. The Bertz CT molecular complexity index is 2630. The highest BCUT2D eigenvalue weighted by molar-refractivity contribution is 5.98. The molecule has 0 unspecified atom stereocenters. The van der Waals surface area contributed by atoms with E-state index in [9.17, 15) is 48.3 Å². The molecule has 1 saturated heterocycles. The minimum Gasteiger partial charge on any atom is -0.508 e. The van der Waals surface area contributed by atoms with E-state index in [4.69, 9.17) is 40.1 Å². The van der Waals surface area contributed by atoms with E-state index in [1.807, 2.05) is 13.8 Å². The lowest BCUT2D eigenvalue weighted by atomic mass is 9.99. The number of hydrogen-bond acceptors (Lipinski definition) is 13. The van der Waals surface area contributed by atoms with Crippen molar-refractivity contribution in [3.05, 3.63) is 102 Å². The van der Waals surface area contributed by atoms with Crippen LogP contribution < -0.4 is 72.0 Å². The van der Waals surface area contributed by atoms with Crippen LogP contribution in [0.2, 0.25) is 0 Å². The van der Waals surface area contributed by atoms with Crippen molar-refractivity contribution in [3.8, 4) is 5.75 Å². The first-order valence-electron chi connectivity index (χ1n) is 26.4. The normalized spacial score (nSPS) is 15.5. The first-order valence-corrected chi connectivity index (χ1v) is 26.4. The molecular weight excluding hydrogens is 1030 g/mol. The highest BCUT2D eigenvalue weighted by atomic mass is 16.3. The Kier molecular flexibility index (Phi) is 25.6. The summed E-state index contributed by atoms with van der Waals surface area (Å²) in [6.45, 7) is 3.86. The summed E-state index contributed by atoms with van der Waals surface area (Å²) >= 11 is 0. The molecule has 3 aromatic carbocycles. The van der Waals surface area contributed by atoms with Gasteiger partial charge in [-0.2, -0.15) is 0 Å². The molecule has 0 radical (unpaired) electrons. The minimum atomic E-state index is -1.49. The Morgan fingerprint density at radius 3 is 1.51 bits per heavy atom. The zero-order valence-corrected chi connectivity index (χ0v) is 45.2. The number of rotatable bonds is 32. The van der Waals surface area contributed by atoms with Crippen LogP contribution in [0, 0.1) is 5.92 Å². The van der Waals surface area contributed by atoms with Crippen LogP contribution in [0.1, 0.15) is 81.9 Å². The number of nitrogens with zero attached hydrogens (tertiary/aromatic N) is 3. The first kappa shape index (κ1) is 63.7. The fourth-order valence-electron chi connectivity index (χ4n) is 8.90. The first-order chi connectivity index (χ1) is 38.0. The van der Waals surface area contributed by atoms with Gasteiger partial charge in [-0.15, -0.1) is 0 Å². The van der Waals surface area contributed by atoms with Crippen molar-refractivity contribution in [2.75, 3.05) is 19.6 Å². The van der Waals surface area contributed by atoms with Crippen molar-refractivity contribution in [3.63, 3.8) is 0 Å². The lowest BCUT2D eigenvalue weighted by Crippen LogP contribution is -2.60. The number of guanidine groups is 2. The molecule has 1 aliphatic rings. The van der Waals surface area contributed by atoms with Crippen molar-refractivity contribution in [2.24, 2.45) is 56.0 Å². The van der Waals surface area contributed by atoms with Crippen molar-refractivity contribution in [1.29, 1.82) is 0 Å². The Morgan fingerprint density at radius 2 is 1.01 bits per heavy atom. The number of nitrogens with two attached hydrogens (primary N) is 7. The van der Waals surface area contributed by atoms with Gasteiger partial charge in [0.25, 0.3) is 0 Å². The molecule has 0 bridgehead atoms. The van der Waals surface area contributed by atoms with Gasteiger partial charge in [0.2, 0.25) is 53.2 Å². The highest BCUT2D eigenvalue weighted by Crippen LogP contribution is 2.21. The Morgan fingerprint density at radius 1 is 0.562 bits per heavy atom. The molecule has 0 aromatic heterocycles. The van der Waals surface area contributed by atoms with Crippen molar-refractivity contribution < 1.29 is 48.3 Å². The van der Waals surface area contributed by atoms with Gasteiger partial charge in [-0.1, -0.05) is 86.6 Å². The number of primary amides is 2. The zero-order valence-electron chi connectivity index (χ0n) is 45.2.